The molecule has 0 radical (unpaired) electrons. The summed E-state index contributed by atoms with van der Waals surface area (Å²) >= 11 is 10.5. The third kappa shape index (κ3) is 3.15. The standard InChI is InChI=1S/C12H7BrClNO3S/c13-7-3-4-19-10(7)11(16)15-9-2-1-6(12(17)18)5-8(9)14/h1-5H,(H,15,16)(H,17,18). The molecular weight excluding hydrogens is 354 g/mol. The van der Waals surface area contributed by atoms with Crippen molar-refractivity contribution < 1.29 is 14.7 Å². The van der Waals surface area contributed by atoms with Crippen LogP contribution in [-0.4, -0.2) is 17.0 Å². The maximum Gasteiger partial charge on any atom is 0.335 e. The number of thiophene rings is 1. The number of carboxylic acid groups (broad SMARTS) is 1. The molecule has 0 unspecified atom stereocenters. The fourth-order valence-corrected chi connectivity index (χ4v) is 3.06. The summed E-state index contributed by atoms with van der Waals surface area (Å²) in [6, 6.07) is 5.91. The zero-order valence-corrected chi connectivity index (χ0v) is 12.5. The maximum absolute atomic E-state index is 12.0. The van der Waals surface area contributed by atoms with Gasteiger partial charge in [-0.15, -0.1) is 11.3 Å². The Labute approximate surface area is 126 Å². The van der Waals surface area contributed by atoms with Crippen LogP contribution < -0.4 is 5.32 Å². The Kier molecular flexibility index (Phi) is 4.24. The topological polar surface area (TPSA) is 66.4 Å². The van der Waals surface area contributed by atoms with Gasteiger partial charge in [-0.2, -0.15) is 0 Å². The molecule has 98 valence electrons. The highest BCUT2D eigenvalue weighted by Crippen LogP contribution is 2.27. The molecule has 0 aliphatic carbocycles. The van der Waals surface area contributed by atoms with Crippen LogP contribution in [0.5, 0.6) is 0 Å². The number of hydrogen-bond donors (Lipinski definition) is 2. The number of carbonyl (C=O) groups is 2. The molecule has 0 saturated carbocycles. The van der Waals surface area contributed by atoms with Crippen molar-refractivity contribution in [1.29, 1.82) is 0 Å². The van der Waals surface area contributed by atoms with Crippen LogP contribution in [0.1, 0.15) is 20.0 Å². The zero-order valence-electron chi connectivity index (χ0n) is 9.31. The molecule has 2 aromatic rings. The van der Waals surface area contributed by atoms with Crippen LogP contribution in [0.3, 0.4) is 0 Å². The Morgan fingerprint density at radius 2 is 2.05 bits per heavy atom. The van der Waals surface area contributed by atoms with E-state index in [1.165, 1.54) is 29.5 Å². The number of amides is 1. The average Bonchev–Trinajstić information content (AvgIpc) is 2.77. The zero-order chi connectivity index (χ0) is 14.0. The van der Waals surface area contributed by atoms with E-state index in [-0.39, 0.29) is 16.5 Å². The average molecular weight is 361 g/mol. The predicted octanol–water partition coefficient (Wildman–Crippen LogP) is 4.11. The first-order valence-corrected chi connectivity index (χ1v) is 7.11. The molecular formula is C12H7BrClNO3S. The number of benzene rings is 1. The monoisotopic (exact) mass is 359 g/mol. The van der Waals surface area contributed by atoms with Gasteiger partial charge in [0.1, 0.15) is 4.88 Å². The van der Waals surface area contributed by atoms with Gasteiger partial charge in [-0.05, 0) is 45.6 Å². The first kappa shape index (κ1) is 14.0. The lowest BCUT2D eigenvalue weighted by Crippen LogP contribution is -2.11. The number of anilines is 1. The Balaban J connectivity index is 2.23. The number of rotatable bonds is 3. The molecule has 0 aliphatic rings. The van der Waals surface area contributed by atoms with Gasteiger partial charge in [-0.1, -0.05) is 11.6 Å². The molecule has 0 fully saturated rings. The van der Waals surface area contributed by atoms with Crippen LogP contribution in [0, 0.1) is 0 Å². The fourth-order valence-electron chi connectivity index (χ4n) is 1.38. The predicted molar refractivity (Wildman–Crippen MR) is 78.4 cm³/mol. The Morgan fingerprint density at radius 3 is 2.58 bits per heavy atom. The van der Waals surface area contributed by atoms with E-state index in [2.05, 4.69) is 21.2 Å². The largest absolute Gasteiger partial charge is 0.478 e. The second-order valence-corrected chi connectivity index (χ2v) is 5.73. The van der Waals surface area contributed by atoms with E-state index >= 15 is 0 Å². The summed E-state index contributed by atoms with van der Waals surface area (Å²) in [6.07, 6.45) is 0. The minimum Gasteiger partial charge on any atom is -0.478 e. The molecule has 7 heteroatoms. The van der Waals surface area contributed by atoms with Gasteiger partial charge >= 0.3 is 5.97 Å². The highest BCUT2D eigenvalue weighted by molar-refractivity contribution is 9.10. The van der Waals surface area contributed by atoms with Crippen molar-refractivity contribution in [2.75, 3.05) is 5.32 Å². The van der Waals surface area contributed by atoms with E-state index in [0.717, 1.165) is 0 Å². The van der Waals surface area contributed by atoms with Crippen LogP contribution in [-0.2, 0) is 0 Å². The molecule has 2 N–H and O–H groups in total. The van der Waals surface area contributed by atoms with Gasteiger partial charge < -0.3 is 10.4 Å². The van der Waals surface area contributed by atoms with Gasteiger partial charge in [0, 0.05) is 4.47 Å². The molecule has 0 spiro atoms. The van der Waals surface area contributed by atoms with Crippen LogP contribution >= 0.6 is 38.9 Å². The molecule has 19 heavy (non-hydrogen) atoms. The van der Waals surface area contributed by atoms with E-state index in [1.807, 2.05) is 0 Å². The van der Waals surface area contributed by atoms with Gasteiger partial charge in [-0.3, -0.25) is 4.79 Å². The summed E-state index contributed by atoms with van der Waals surface area (Å²) in [5.74, 6) is -1.37. The van der Waals surface area contributed by atoms with Crippen molar-refractivity contribution >= 4 is 56.4 Å². The summed E-state index contributed by atoms with van der Waals surface area (Å²) in [5, 5.41) is 13.4. The van der Waals surface area contributed by atoms with E-state index < -0.39 is 5.97 Å². The lowest BCUT2D eigenvalue weighted by molar-refractivity contribution is 0.0696. The van der Waals surface area contributed by atoms with Crippen molar-refractivity contribution in [3.8, 4) is 0 Å². The number of halogens is 2. The summed E-state index contributed by atoms with van der Waals surface area (Å²) in [6.45, 7) is 0. The third-order valence-electron chi connectivity index (χ3n) is 2.29. The number of carboxylic acids is 1. The van der Waals surface area contributed by atoms with Crippen molar-refractivity contribution in [2.24, 2.45) is 0 Å². The normalized spacial score (nSPS) is 10.2. The summed E-state index contributed by atoms with van der Waals surface area (Å²) in [4.78, 5) is 23.3. The van der Waals surface area contributed by atoms with Crippen LogP contribution in [0.25, 0.3) is 0 Å². The molecule has 1 heterocycles. The first-order valence-electron chi connectivity index (χ1n) is 5.06. The second-order valence-electron chi connectivity index (χ2n) is 3.55. The summed E-state index contributed by atoms with van der Waals surface area (Å²) in [5.41, 5.74) is 0.442. The maximum atomic E-state index is 12.0. The van der Waals surface area contributed by atoms with E-state index in [1.54, 1.807) is 11.4 Å². The molecule has 0 bridgehead atoms. The van der Waals surface area contributed by atoms with Gasteiger partial charge in [0.05, 0.1) is 16.3 Å². The minimum atomic E-state index is -1.07. The molecule has 4 nitrogen and oxygen atoms in total. The van der Waals surface area contributed by atoms with Gasteiger partial charge in [0.25, 0.3) is 5.91 Å². The Hall–Kier alpha value is -1.37. The quantitative estimate of drug-likeness (QED) is 0.865. The third-order valence-corrected chi connectivity index (χ3v) is 4.44. The number of nitrogens with one attached hydrogen (secondary N) is 1. The summed E-state index contributed by atoms with van der Waals surface area (Å²) < 4.78 is 0.702. The highest BCUT2D eigenvalue weighted by Gasteiger charge is 2.14. The van der Waals surface area contributed by atoms with Gasteiger partial charge in [0.2, 0.25) is 0 Å². The fraction of sp³-hybridized carbons (Fsp3) is 0. The van der Waals surface area contributed by atoms with Gasteiger partial charge in [0.15, 0.2) is 0 Å². The highest BCUT2D eigenvalue weighted by atomic mass is 79.9. The van der Waals surface area contributed by atoms with E-state index in [9.17, 15) is 9.59 Å². The lowest BCUT2D eigenvalue weighted by Gasteiger charge is -2.07. The van der Waals surface area contributed by atoms with Crippen molar-refractivity contribution in [1.82, 2.24) is 0 Å². The minimum absolute atomic E-state index is 0.0697. The molecule has 0 aliphatic heterocycles. The van der Waals surface area contributed by atoms with Crippen LogP contribution in [0.2, 0.25) is 5.02 Å². The summed E-state index contributed by atoms with van der Waals surface area (Å²) in [7, 11) is 0. The van der Waals surface area contributed by atoms with Crippen molar-refractivity contribution in [3.63, 3.8) is 0 Å². The molecule has 1 aromatic carbocycles. The Bertz CT molecular complexity index is 656. The number of hydrogen-bond acceptors (Lipinski definition) is 3. The van der Waals surface area contributed by atoms with Crippen LogP contribution in [0.15, 0.2) is 34.1 Å². The van der Waals surface area contributed by atoms with Gasteiger partial charge in [-0.25, -0.2) is 4.79 Å². The Morgan fingerprint density at radius 1 is 1.32 bits per heavy atom. The van der Waals surface area contributed by atoms with Crippen LogP contribution in [0.4, 0.5) is 5.69 Å². The number of aromatic carboxylic acids is 1. The van der Waals surface area contributed by atoms with E-state index in [4.69, 9.17) is 16.7 Å². The lowest BCUT2D eigenvalue weighted by atomic mass is 10.2. The molecule has 0 atom stereocenters. The molecule has 0 saturated heterocycles. The van der Waals surface area contributed by atoms with E-state index in [0.29, 0.717) is 15.0 Å². The SMILES string of the molecule is O=C(O)c1ccc(NC(=O)c2sccc2Br)c(Cl)c1. The molecule has 2 rings (SSSR count). The smallest absolute Gasteiger partial charge is 0.335 e. The first-order chi connectivity index (χ1) is 8.99. The van der Waals surface area contributed by atoms with Crippen molar-refractivity contribution in [2.45, 2.75) is 0 Å². The second kappa shape index (κ2) is 5.73. The van der Waals surface area contributed by atoms with Crippen molar-refractivity contribution in [3.05, 3.63) is 49.6 Å². The number of carbonyl (C=O) groups excluding carboxylic acids is 1. The molecule has 1 aromatic heterocycles. The molecule has 1 amide bonds.